The molecule has 0 aliphatic carbocycles. The standard InChI is InChI=1S/C17H25N3O2/c1-12(2)8-14(10-21)9-18-17(22)13(3)20-11-19-15-6-4-5-7-16(15)20/h4-7,11-14,21H,8-10H2,1-3H3,(H,18,22)/t13-,14+/m1/s1. The first-order chi connectivity index (χ1) is 10.5. The first kappa shape index (κ1) is 16.5. The molecule has 0 radical (unpaired) electrons. The number of carbonyl (C=O) groups excluding carboxylic acids is 1. The van der Waals surface area contributed by atoms with Crippen molar-refractivity contribution in [2.75, 3.05) is 13.2 Å². The average molecular weight is 303 g/mol. The monoisotopic (exact) mass is 303 g/mol. The highest BCUT2D eigenvalue weighted by Crippen LogP contribution is 2.17. The lowest BCUT2D eigenvalue weighted by Gasteiger charge is -2.19. The van der Waals surface area contributed by atoms with Crippen molar-refractivity contribution in [2.24, 2.45) is 11.8 Å². The van der Waals surface area contributed by atoms with Crippen LogP contribution in [0.3, 0.4) is 0 Å². The Labute approximate surface area is 131 Å². The number of hydrogen-bond acceptors (Lipinski definition) is 3. The van der Waals surface area contributed by atoms with Gasteiger partial charge in [-0.25, -0.2) is 4.98 Å². The summed E-state index contributed by atoms with van der Waals surface area (Å²) in [5.74, 6) is 0.560. The maximum Gasteiger partial charge on any atom is 0.242 e. The van der Waals surface area contributed by atoms with Crippen LogP contribution < -0.4 is 5.32 Å². The highest BCUT2D eigenvalue weighted by Gasteiger charge is 2.18. The maximum absolute atomic E-state index is 12.3. The lowest BCUT2D eigenvalue weighted by Crippen LogP contribution is -2.35. The molecule has 5 nitrogen and oxygen atoms in total. The summed E-state index contributed by atoms with van der Waals surface area (Å²) in [6, 6.07) is 7.44. The molecule has 0 fully saturated rings. The first-order valence-electron chi connectivity index (χ1n) is 7.83. The van der Waals surface area contributed by atoms with Crippen molar-refractivity contribution >= 4 is 16.9 Å². The second-order valence-corrected chi connectivity index (χ2v) is 6.24. The van der Waals surface area contributed by atoms with Gasteiger partial charge in [0.05, 0.1) is 17.4 Å². The van der Waals surface area contributed by atoms with Gasteiger partial charge in [-0.3, -0.25) is 4.79 Å². The van der Waals surface area contributed by atoms with Gasteiger partial charge in [-0.2, -0.15) is 0 Å². The molecular weight excluding hydrogens is 278 g/mol. The molecule has 5 heteroatoms. The van der Waals surface area contributed by atoms with E-state index in [2.05, 4.69) is 24.1 Å². The molecule has 22 heavy (non-hydrogen) atoms. The number of aromatic nitrogens is 2. The third-order valence-corrected chi connectivity index (χ3v) is 3.91. The smallest absolute Gasteiger partial charge is 0.242 e. The van der Waals surface area contributed by atoms with Crippen molar-refractivity contribution in [3.05, 3.63) is 30.6 Å². The molecule has 0 spiro atoms. The SMILES string of the molecule is CC(C)C[C@H](CO)CNC(=O)[C@@H](C)n1cnc2ccccc21. The van der Waals surface area contributed by atoms with Crippen LogP contribution in [0.25, 0.3) is 11.0 Å². The zero-order valence-corrected chi connectivity index (χ0v) is 13.5. The van der Waals surface area contributed by atoms with Gasteiger partial charge in [-0.15, -0.1) is 0 Å². The van der Waals surface area contributed by atoms with Crippen LogP contribution in [-0.2, 0) is 4.79 Å². The van der Waals surface area contributed by atoms with Gasteiger partial charge in [0.15, 0.2) is 0 Å². The van der Waals surface area contributed by atoms with E-state index in [0.717, 1.165) is 17.5 Å². The normalized spacial score (nSPS) is 14.2. The predicted octanol–water partition coefficient (Wildman–Crippen LogP) is 2.37. The molecule has 2 N–H and O–H groups in total. The van der Waals surface area contributed by atoms with E-state index in [1.165, 1.54) is 0 Å². The number of aliphatic hydroxyl groups is 1. The van der Waals surface area contributed by atoms with Gasteiger partial charge in [-0.1, -0.05) is 26.0 Å². The van der Waals surface area contributed by atoms with E-state index in [1.807, 2.05) is 35.8 Å². The van der Waals surface area contributed by atoms with E-state index in [9.17, 15) is 9.90 Å². The fraction of sp³-hybridized carbons (Fsp3) is 0.529. The van der Waals surface area contributed by atoms with Crippen molar-refractivity contribution in [3.63, 3.8) is 0 Å². The molecule has 0 saturated carbocycles. The van der Waals surface area contributed by atoms with E-state index >= 15 is 0 Å². The molecule has 0 aliphatic heterocycles. The minimum Gasteiger partial charge on any atom is -0.396 e. The molecule has 0 bridgehead atoms. The Hall–Kier alpha value is -1.88. The number of aliphatic hydroxyl groups excluding tert-OH is 1. The molecule has 120 valence electrons. The molecule has 1 aromatic heterocycles. The van der Waals surface area contributed by atoms with Crippen LogP contribution >= 0.6 is 0 Å². The third-order valence-electron chi connectivity index (χ3n) is 3.91. The first-order valence-corrected chi connectivity index (χ1v) is 7.83. The number of hydrogen-bond donors (Lipinski definition) is 2. The molecule has 1 heterocycles. The molecule has 2 atom stereocenters. The largest absolute Gasteiger partial charge is 0.396 e. The predicted molar refractivity (Wildman–Crippen MR) is 87.5 cm³/mol. The van der Waals surface area contributed by atoms with Gasteiger partial charge in [0, 0.05) is 13.2 Å². The van der Waals surface area contributed by atoms with Crippen molar-refractivity contribution in [1.29, 1.82) is 0 Å². The zero-order chi connectivity index (χ0) is 16.1. The van der Waals surface area contributed by atoms with E-state index in [0.29, 0.717) is 12.5 Å². The number of fused-ring (bicyclic) bond motifs is 1. The van der Waals surface area contributed by atoms with Crippen molar-refractivity contribution in [1.82, 2.24) is 14.9 Å². The van der Waals surface area contributed by atoms with E-state index in [1.54, 1.807) is 6.33 Å². The van der Waals surface area contributed by atoms with Crippen molar-refractivity contribution < 1.29 is 9.90 Å². The molecule has 1 amide bonds. The number of para-hydroxylation sites is 2. The fourth-order valence-electron chi connectivity index (χ4n) is 2.69. The van der Waals surface area contributed by atoms with Gasteiger partial charge in [0.1, 0.15) is 6.04 Å². The molecular formula is C17H25N3O2. The average Bonchev–Trinajstić information content (AvgIpc) is 2.93. The maximum atomic E-state index is 12.3. The van der Waals surface area contributed by atoms with Gasteiger partial charge < -0.3 is 15.0 Å². The summed E-state index contributed by atoms with van der Waals surface area (Å²) in [4.78, 5) is 16.7. The van der Waals surface area contributed by atoms with E-state index in [-0.39, 0.29) is 24.5 Å². The van der Waals surface area contributed by atoms with E-state index in [4.69, 9.17) is 0 Å². The van der Waals surface area contributed by atoms with Crippen LogP contribution in [0.5, 0.6) is 0 Å². The number of nitrogens with zero attached hydrogens (tertiary/aromatic N) is 2. The van der Waals surface area contributed by atoms with Crippen LogP contribution in [0.4, 0.5) is 0 Å². The highest BCUT2D eigenvalue weighted by atomic mass is 16.3. The summed E-state index contributed by atoms with van der Waals surface area (Å²) in [7, 11) is 0. The number of imidazole rings is 1. The summed E-state index contributed by atoms with van der Waals surface area (Å²) in [6.07, 6.45) is 2.60. The van der Waals surface area contributed by atoms with E-state index < -0.39 is 0 Å². The number of nitrogens with one attached hydrogen (secondary N) is 1. The lowest BCUT2D eigenvalue weighted by molar-refractivity contribution is -0.124. The molecule has 2 aromatic rings. The quantitative estimate of drug-likeness (QED) is 0.825. The zero-order valence-electron chi connectivity index (χ0n) is 13.5. The van der Waals surface area contributed by atoms with Gasteiger partial charge in [-0.05, 0) is 37.3 Å². The second kappa shape index (κ2) is 7.40. The summed E-state index contributed by atoms with van der Waals surface area (Å²) in [5.41, 5.74) is 1.83. The number of benzene rings is 1. The Balaban J connectivity index is 2.00. The van der Waals surface area contributed by atoms with Crippen molar-refractivity contribution in [3.8, 4) is 0 Å². The van der Waals surface area contributed by atoms with Gasteiger partial charge in [0.2, 0.25) is 5.91 Å². The molecule has 0 aliphatic rings. The Morgan fingerprint density at radius 3 is 2.73 bits per heavy atom. The van der Waals surface area contributed by atoms with Crippen LogP contribution in [0.1, 0.15) is 33.2 Å². The molecule has 0 unspecified atom stereocenters. The van der Waals surface area contributed by atoms with Crippen LogP contribution in [0, 0.1) is 11.8 Å². The summed E-state index contributed by atoms with van der Waals surface area (Å²) in [5, 5.41) is 12.3. The van der Waals surface area contributed by atoms with Crippen LogP contribution in [0.15, 0.2) is 30.6 Å². The summed E-state index contributed by atoms with van der Waals surface area (Å²) in [6.45, 7) is 6.70. The minimum absolute atomic E-state index is 0.0506. The summed E-state index contributed by atoms with van der Waals surface area (Å²) >= 11 is 0. The van der Waals surface area contributed by atoms with Gasteiger partial charge in [0.25, 0.3) is 0 Å². The highest BCUT2D eigenvalue weighted by molar-refractivity contribution is 5.83. The second-order valence-electron chi connectivity index (χ2n) is 6.24. The lowest BCUT2D eigenvalue weighted by atomic mass is 9.98. The van der Waals surface area contributed by atoms with Crippen LogP contribution in [-0.4, -0.2) is 33.7 Å². The van der Waals surface area contributed by atoms with Gasteiger partial charge >= 0.3 is 0 Å². The van der Waals surface area contributed by atoms with Crippen LogP contribution in [0.2, 0.25) is 0 Å². The topological polar surface area (TPSA) is 67.2 Å². The van der Waals surface area contributed by atoms with Crippen molar-refractivity contribution in [2.45, 2.75) is 33.2 Å². The Morgan fingerprint density at radius 2 is 2.05 bits per heavy atom. The fourth-order valence-corrected chi connectivity index (χ4v) is 2.69. The summed E-state index contributed by atoms with van der Waals surface area (Å²) < 4.78 is 1.88. The minimum atomic E-state index is -0.328. The third kappa shape index (κ3) is 3.85. The number of amides is 1. The molecule has 0 saturated heterocycles. The molecule has 2 rings (SSSR count). The molecule has 1 aromatic carbocycles. The Kier molecular flexibility index (Phi) is 5.55. The number of carbonyl (C=O) groups is 1. The number of rotatable bonds is 7. The Morgan fingerprint density at radius 1 is 1.32 bits per heavy atom. The Bertz CT molecular complexity index is 621.